The first kappa shape index (κ1) is 20.7. The monoisotopic (exact) mass is 453 g/mol. The molecule has 1 amide bonds. The molecule has 9 heteroatoms. The predicted molar refractivity (Wildman–Crippen MR) is 121 cm³/mol. The quantitative estimate of drug-likeness (QED) is 0.409. The van der Waals surface area contributed by atoms with Crippen molar-refractivity contribution < 1.29 is 17.6 Å². The molecular weight excluding hydrogens is 437 g/mol. The average Bonchev–Trinajstić information content (AvgIpc) is 3.24. The molecule has 3 aromatic carbocycles. The summed E-state index contributed by atoms with van der Waals surface area (Å²) in [6, 6.07) is 20.8. The average molecular weight is 454 g/mol. The summed E-state index contributed by atoms with van der Waals surface area (Å²) in [5.41, 5.74) is 2.17. The number of carbonyl (C=O) groups is 1. The number of benzene rings is 3. The molecule has 1 N–H and O–H groups in total. The van der Waals surface area contributed by atoms with Crippen LogP contribution in [0.4, 0.5) is 20.9 Å². The van der Waals surface area contributed by atoms with E-state index in [1.807, 2.05) is 35.7 Å². The Bertz CT molecular complexity index is 1280. The molecule has 156 valence electrons. The van der Waals surface area contributed by atoms with Crippen LogP contribution in [-0.4, -0.2) is 19.3 Å². The topological polar surface area (TPSA) is 79.4 Å². The van der Waals surface area contributed by atoms with Gasteiger partial charge in [0.15, 0.2) is 5.13 Å². The molecule has 0 aliphatic heterocycles. The summed E-state index contributed by atoms with van der Waals surface area (Å²) in [6.07, 6.45) is 0. The lowest BCUT2D eigenvalue weighted by atomic mass is 10.1. The number of nitrogens with zero attached hydrogens (tertiary/aromatic N) is 2. The largest absolute Gasteiger partial charge is 0.298 e. The zero-order chi connectivity index (χ0) is 21.8. The zero-order valence-electron chi connectivity index (χ0n) is 15.9. The molecule has 0 saturated carbocycles. The maximum atomic E-state index is 13.3. The van der Waals surface area contributed by atoms with Crippen molar-refractivity contribution in [3.05, 3.63) is 95.6 Å². The van der Waals surface area contributed by atoms with Crippen molar-refractivity contribution in [1.29, 1.82) is 0 Å². The molecule has 0 atom stereocenters. The number of rotatable bonds is 6. The maximum Gasteiger partial charge on any atom is 0.259 e. The van der Waals surface area contributed by atoms with Crippen LogP contribution in [0, 0.1) is 5.82 Å². The number of para-hydroxylation sites is 1. The van der Waals surface area contributed by atoms with Crippen molar-refractivity contribution in [3.8, 4) is 11.3 Å². The lowest BCUT2D eigenvalue weighted by molar-refractivity contribution is 0.102. The lowest BCUT2D eigenvalue weighted by Gasteiger charge is -2.20. The number of nitrogens with one attached hydrogen (secondary N) is 1. The molecule has 0 fully saturated rings. The first-order chi connectivity index (χ1) is 15.0. The van der Waals surface area contributed by atoms with Crippen LogP contribution in [0.3, 0.4) is 0 Å². The fraction of sp³-hybridized carbons (Fsp3) is 0. The lowest BCUT2D eigenvalue weighted by Crippen LogP contribution is -2.20. The first-order valence-corrected chi connectivity index (χ1v) is 11.2. The van der Waals surface area contributed by atoms with Crippen molar-refractivity contribution >= 4 is 44.6 Å². The van der Waals surface area contributed by atoms with Gasteiger partial charge in [-0.15, -0.1) is 11.3 Å². The van der Waals surface area contributed by atoms with E-state index in [9.17, 15) is 17.6 Å². The number of hydrogen-bond donors (Lipinski definition) is 2. The fourth-order valence-electron chi connectivity index (χ4n) is 2.99. The highest BCUT2D eigenvalue weighted by atomic mass is 32.2. The second-order valence-electron chi connectivity index (χ2n) is 6.40. The molecule has 4 aromatic rings. The van der Waals surface area contributed by atoms with E-state index in [4.69, 9.17) is 0 Å². The van der Waals surface area contributed by atoms with E-state index >= 15 is 0 Å². The Kier molecular flexibility index (Phi) is 6.06. The van der Waals surface area contributed by atoms with E-state index in [2.05, 4.69) is 10.3 Å². The summed E-state index contributed by atoms with van der Waals surface area (Å²) in [4.78, 5) is 17.4. The van der Waals surface area contributed by atoms with Crippen molar-refractivity contribution in [3.63, 3.8) is 0 Å². The minimum Gasteiger partial charge on any atom is -0.298 e. The highest BCUT2D eigenvalue weighted by Gasteiger charge is 2.20. The normalized spacial score (nSPS) is 10.8. The van der Waals surface area contributed by atoms with Crippen LogP contribution in [0.5, 0.6) is 0 Å². The number of halogens is 1. The Hall–Kier alpha value is -3.56. The van der Waals surface area contributed by atoms with Crippen molar-refractivity contribution in [2.75, 3.05) is 9.62 Å². The predicted octanol–water partition coefficient (Wildman–Crippen LogP) is 4.87. The van der Waals surface area contributed by atoms with Gasteiger partial charge in [-0.1, -0.05) is 42.5 Å². The summed E-state index contributed by atoms with van der Waals surface area (Å²) >= 11 is 1.27. The fourth-order valence-corrected chi connectivity index (χ4v) is 4.38. The second-order valence-corrected chi connectivity index (χ2v) is 8.14. The molecule has 0 saturated heterocycles. The van der Waals surface area contributed by atoms with Gasteiger partial charge >= 0.3 is 0 Å². The summed E-state index contributed by atoms with van der Waals surface area (Å²) in [5.74, 6) is -0.998. The third-order valence-corrected chi connectivity index (χ3v) is 5.94. The third kappa shape index (κ3) is 4.62. The minimum atomic E-state index is -3.13. The smallest absolute Gasteiger partial charge is 0.259 e. The maximum absolute atomic E-state index is 13.3. The molecular formula is C22H16FN3O3S2. The molecule has 1 aromatic heterocycles. The SMILES string of the molecule is O=C(Nc1nc(-c2ccccc2)cs1)c1ccccc1N(c1ccc(F)cc1)[SH](=O)=O. The highest BCUT2D eigenvalue weighted by Crippen LogP contribution is 2.30. The van der Waals surface area contributed by atoms with Gasteiger partial charge in [0.25, 0.3) is 5.91 Å². The van der Waals surface area contributed by atoms with E-state index in [-0.39, 0.29) is 16.9 Å². The van der Waals surface area contributed by atoms with Crippen LogP contribution in [0.2, 0.25) is 0 Å². The van der Waals surface area contributed by atoms with Crippen LogP contribution in [0.15, 0.2) is 84.2 Å². The minimum absolute atomic E-state index is 0.141. The summed E-state index contributed by atoms with van der Waals surface area (Å²) < 4.78 is 38.3. The van der Waals surface area contributed by atoms with Crippen LogP contribution in [0.1, 0.15) is 10.4 Å². The molecule has 0 bridgehead atoms. The molecule has 0 aliphatic carbocycles. The van der Waals surface area contributed by atoms with Gasteiger partial charge in [-0.3, -0.25) is 10.1 Å². The Balaban J connectivity index is 1.64. The van der Waals surface area contributed by atoms with Crippen LogP contribution in [0.25, 0.3) is 11.3 Å². The number of aromatic nitrogens is 1. The van der Waals surface area contributed by atoms with Gasteiger partial charge in [0, 0.05) is 10.9 Å². The number of amides is 1. The van der Waals surface area contributed by atoms with Gasteiger partial charge < -0.3 is 0 Å². The molecule has 0 spiro atoms. The van der Waals surface area contributed by atoms with Crippen molar-refractivity contribution in [2.24, 2.45) is 0 Å². The second kappa shape index (κ2) is 9.07. The Morgan fingerprint density at radius 2 is 1.61 bits per heavy atom. The van der Waals surface area contributed by atoms with Crippen LogP contribution < -0.4 is 9.62 Å². The highest BCUT2D eigenvalue weighted by molar-refractivity contribution is 7.74. The number of thiol groups is 1. The summed E-state index contributed by atoms with van der Waals surface area (Å²) in [6.45, 7) is 0. The number of hydrogen-bond acceptors (Lipinski definition) is 5. The van der Waals surface area contributed by atoms with E-state index in [0.717, 1.165) is 27.7 Å². The molecule has 4 rings (SSSR count). The van der Waals surface area contributed by atoms with Crippen LogP contribution in [-0.2, 0) is 10.9 Å². The standard InChI is InChI=1S/C22H16FN3O3S2/c23-16-10-12-17(13-11-16)26(31(28)29)20-9-5-4-8-18(20)21(27)25-22-24-19(14-30-22)15-6-2-1-3-7-15/h1-14,31H,(H,24,25,27). The molecule has 6 nitrogen and oxygen atoms in total. The number of thiazole rings is 1. The van der Waals surface area contributed by atoms with E-state index in [1.54, 1.807) is 12.1 Å². The van der Waals surface area contributed by atoms with Crippen molar-refractivity contribution in [2.45, 2.75) is 0 Å². The van der Waals surface area contributed by atoms with Gasteiger partial charge in [0.2, 0.25) is 10.9 Å². The summed E-state index contributed by atoms with van der Waals surface area (Å²) in [5, 5.41) is 4.95. The molecule has 0 aliphatic rings. The van der Waals surface area contributed by atoms with Gasteiger partial charge in [-0.05, 0) is 36.4 Å². The van der Waals surface area contributed by atoms with E-state index < -0.39 is 22.6 Å². The third-order valence-electron chi connectivity index (χ3n) is 4.41. The Morgan fingerprint density at radius 1 is 0.935 bits per heavy atom. The number of carbonyl (C=O) groups excluding carboxylic acids is 1. The van der Waals surface area contributed by atoms with E-state index in [0.29, 0.717) is 5.13 Å². The number of anilines is 3. The Labute approximate surface area is 183 Å². The van der Waals surface area contributed by atoms with Gasteiger partial charge in [0.1, 0.15) is 5.82 Å². The Morgan fingerprint density at radius 3 is 2.32 bits per heavy atom. The molecule has 1 heterocycles. The molecule has 0 radical (unpaired) electrons. The van der Waals surface area contributed by atoms with Crippen LogP contribution >= 0.6 is 11.3 Å². The molecule has 0 unspecified atom stereocenters. The summed E-state index contributed by atoms with van der Waals surface area (Å²) in [7, 11) is -3.13. The van der Waals surface area contributed by atoms with Gasteiger partial charge in [-0.25, -0.2) is 22.1 Å². The molecule has 31 heavy (non-hydrogen) atoms. The first-order valence-electron chi connectivity index (χ1n) is 9.14. The van der Waals surface area contributed by atoms with Gasteiger partial charge in [0.05, 0.1) is 22.6 Å². The van der Waals surface area contributed by atoms with E-state index in [1.165, 1.54) is 35.6 Å². The van der Waals surface area contributed by atoms with Crippen molar-refractivity contribution in [1.82, 2.24) is 4.98 Å². The zero-order valence-corrected chi connectivity index (χ0v) is 17.6. The van der Waals surface area contributed by atoms with Gasteiger partial charge in [-0.2, -0.15) is 0 Å².